The fraction of sp³-hybridized carbons (Fsp3) is 0.286. The third-order valence-corrected chi connectivity index (χ3v) is 4.48. The van der Waals surface area contributed by atoms with Crippen LogP contribution < -0.4 is 0 Å². The number of rotatable bonds is 6. The summed E-state index contributed by atoms with van der Waals surface area (Å²) in [5.41, 5.74) is 3.86. The number of benzene rings is 2. The minimum atomic E-state index is 0.197. The van der Waals surface area contributed by atoms with Crippen molar-refractivity contribution in [3.8, 4) is 0 Å². The lowest BCUT2D eigenvalue weighted by molar-refractivity contribution is -0.133. The van der Waals surface area contributed by atoms with E-state index in [9.17, 15) is 4.79 Å². The molecule has 0 aliphatic carbocycles. The Morgan fingerprint density at radius 2 is 1.79 bits per heavy atom. The fourth-order valence-electron chi connectivity index (χ4n) is 3.21. The van der Waals surface area contributed by atoms with E-state index >= 15 is 0 Å². The van der Waals surface area contributed by atoms with Gasteiger partial charge in [0.25, 0.3) is 0 Å². The topological polar surface area (TPSA) is 23.6 Å². The first-order valence-electron chi connectivity index (χ1n) is 8.48. The Bertz CT molecular complexity index is 696. The van der Waals surface area contributed by atoms with Crippen molar-refractivity contribution in [3.05, 3.63) is 83.9 Å². The minimum absolute atomic E-state index is 0.197. The second-order valence-electron chi connectivity index (χ2n) is 6.28. The molecule has 1 aliphatic heterocycles. The van der Waals surface area contributed by atoms with Gasteiger partial charge in [-0.3, -0.25) is 9.69 Å². The van der Waals surface area contributed by atoms with E-state index < -0.39 is 0 Å². The Labute approximate surface area is 144 Å². The lowest BCUT2D eigenvalue weighted by Crippen LogP contribution is -2.42. The van der Waals surface area contributed by atoms with Gasteiger partial charge in [0.15, 0.2) is 0 Å². The van der Waals surface area contributed by atoms with Crippen molar-refractivity contribution in [3.63, 3.8) is 0 Å². The molecule has 3 heteroatoms. The lowest BCUT2D eigenvalue weighted by atomic mass is 10.00. The summed E-state index contributed by atoms with van der Waals surface area (Å²) in [5.74, 6) is 0.197. The Morgan fingerprint density at radius 1 is 1.08 bits per heavy atom. The van der Waals surface area contributed by atoms with Gasteiger partial charge in [-0.25, -0.2) is 0 Å². The molecule has 0 unspecified atom stereocenters. The van der Waals surface area contributed by atoms with Crippen LogP contribution >= 0.6 is 0 Å². The molecule has 0 fully saturated rings. The number of amides is 1. The molecule has 1 amide bonds. The van der Waals surface area contributed by atoms with Gasteiger partial charge in [0.2, 0.25) is 5.91 Å². The standard InChI is InChI=1S/C21H24N2O/c1-2-13-22(15-18-8-4-3-5-9-18)17-21(24)23-14-12-19-10-6-7-11-20(19)16-23/h2-11H,1,12-17H2. The highest BCUT2D eigenvalue weighted by molar-refractivity contribution is 5.78. The molecule has 1 aliphatic rings. The second kappa shape index (κ2) is 7.93. The molecule has 0 bridgehead atoms. The number of carbonyl (C=O) groups is 1. The SMILES string of the molecule is C=CCN(CC(=O)N1CCc2ccccc2C1)Cc1ccccc1. The summed E-state index contributed by atoms with van der Waals surface area (Å²) in [6.45, 7) is 7.27. The van der Waals surface area contributed by atoms with Gasteiger partial charge in [0.05, 0.1) is 6.54 Å². The van der Waals surface area contributed by atoms with Gasteiger partial charge < -0.3 is 4.90 Å². The van der Waals surface area contributed by atoms with Gasteiger partial charge in [0, 0.05) is 26.2 Å². The molecule has 3 nitrogen and oxygen atoms in total. The molecule has 0 saturated heterocycles. The summed E-state index contributed by atoms with van der Waals surface area (Å²) < 4.78 is 0. The van der Waals surface area contributed by atoms with Gasteiger partial charge >= 0.3 is 0 Å². The van der Waals surface area contributed by atoms with E-state index in [0.717, 1.165) is 26.1 Å². The van der Waals surface area contributed by atoms with Gasteiger partial charge in [-0.2, -0.15) is 0 Å². The smallest absolute Gasteiger partial charge is 0.237 e. The monoisotopic (exact) mass is 320 g/mol. The van der Waals surface area contributed by atoms with Crippen molar-refractivity contribution in [2.75, 3.05) is 19.6 Å². The molecule has 1 heterocycles. The van der Waals surface area contributed by atoms with Gasteiger partial charge in [0.1, 0.15) is 0 Å². The molecule has 0 radical (unpaired) electrons. The lowest BCUT2D eigenvalue weighted by Gasteiger charge is -2.31. The molecular formula is C21H24N2O. The molecule has 0 spiro atoms. The summed E-state index contributed by atoms with van der Waals surface area (Å²) in [6.07, 6.45) is 2.81. The summed E-state index contributed by atoms with van der Waals surface area (Å²) in [4.78, 5) is 16.9. The second-order valence-corrected chi connectivity index (χ2v) is 6.28. The molecule has 3 rings (SSSR count). The highest BCUT2D eigenvalue weighted by atomic mass is 16.2. The van der Waals surface area contributed by atoms with Crippen molar-refractivity contribution in [1.82, 2.24) is 9.80 Å². The number of nitrogens with zero attached hydrogens (tertiary/aromatic N) is 2. The van der Waals surface area contributed by atoms with Gasteiger partial charge in [-0.1, -0.05) is 60.7 Å². The van der Waals surface area contributed by atoms with Crippen molar-refractivity contribution >= 4 is 5.91 Å². The van der Waals surface area contributed by atoms with Gasteiger partial charge in [-0.15, -0.1) is 6.58 Å². The summed E-state index contributed by atoms with van der Waals surface area (Å²) in [7, 11) is 0. The first-order chi connectivity index (χ1) is 11.8. The Kier molecular flexibility index (Phi) is 5.44. The van der Waals surface area contributed by atoms with Crippen LogP contribution in [-0.4, -0.2) is 35.3 Å². The van der Waals surface area contributed by atoms with Crippen LogP contribution in [0.5, 0.6) is 0 Å². The molecule has 2 aromatic carbocycles. The highest BCUT2D eigenvalue weighted by Gasteiger charge is 2.21. The maximum absolute atomic E-state index is 12.7. The van der Waals surface area contributed by atoms with Crippen molar-refractivity contribution in [2.24, 2.45) is 0 Å². The van der Waals surface area contributed by atoms with Gasteiger partial charge in [-0.05, 0) is 23.1 Å². The average Bonchev–Trinajstić information content (AvgIpc) is 2.62. The zero-order valence-corrected chi connectivity index (χ0v) is 14.0. The maximum atomic E-state index is 12.7. The van der Waals surface area contributed by atoms with Crippen LogP contribution in [0.25, 0.3) is 0 Å². The Balaban J connectivity index is 1.62. The summed E-state index contributed by atoms with van der Waals surface area (Å²) >= 11 is 0. The van der Waals surface area contributed by atoms with Crippen LogP contribution in [0.3, 0.4) is 0 Å². The fourth-order valence-corrected chi connectivity index (χ4v) is 3.21. The van der Waals surface area contributed by atoms with E-state index in [-0.39, 0.29) is 5.91 Å². The minimum Gasteiger partial charge on any atom is -0.337 e. The molecule has 0 aromatic heterocycles. The average molecular weight is 320 g/mol. The third kappa shape index (κ3) is 4.12. The largest absolute Gasteiger partial charge is 0.337 e. The Morgan fingerprint density at radius 3 is 2.54 bits per heavy atom. The normalized spacial score (nSPS) is 13.6. The Hall–Kier alpha value is -2.39. The van der Waals surface area contributed by atoms with Crippen molar-refractivity contribution < 1.29 is 4.79 Å². The van der Waals surface area contributed by atoms with E-state index in [1.54, 1.807) is 0 Å². The van der Waals surface area contributed by atoms with E-state index in [0.29, 0.717) is 13.1 Å². The van der Waals surface area contributed by atoms with Crippen LogP contribution in [0, 0.1) is 0 Å². The van der Waals surface area contributed by atoms with E-state index in [1.165, 1.54) is 16.7 Å². The first-order valence-corrected chi connectivity index (χ1v) is 8.48. The van der Waals surface area contributed by atoms with Crippen molar-refractivity contribution in [1.29, 1.82) is 0 Å². The zero-order chi connectivity index (χ0) is 16.8. The van der Waals surface area contributed by atoms with Crippen LogP contribution in [0.15, 0.2) is 67.3 Å². The van der Waals surface area contributed by atoms with Crippen LogP contribution in [0.2, 0.25) is 0 Å². The number of fused-ring (bicyclic) bond motifs is 1. The maximum Gasteiger partial charge on any atom is 0.237 e. The molecule has 124 valence electrons. The number of hydrogen-bond donors (Lipinski definition) is 0. The van der Waals surface area contributed by atoms with E-state index in [2.05, 4.69) is 41.8 Å². The molecular weight excluding hydrogens is 296 g/mol. The quantitative estimate of drug-likeness (QED) is 0.763. The summed E-state index contributed by atoms with van der Waals surface area (Å²) in [6, 6.07) is 18.7. The zero-order valence-electron chi connectivity index (χ0n) is 14.0. The van der Waals surface area contributed by atoms with Crippen LogP contribution in [0.1, 0.15) is 16.7 Å². The number of hydrogen-bond acceptors (Lipinski definition) is 2. The van der Waals surface area contributed by atoms with E-state index in [4.69, 9.17) is 0 Å². The van der Waals surface area contributed by atoms with Crippen LogP contribution in [0.4, 0.5) is 0 Å². The first kappa shape index (κ1) is 16.5. The third-order valence-electron chi connectivity index (χ3n) is 4.48. The molecule has 2 aromatic rings. The van der Waals surface area contributed by atoms with E-state index in [1.807, 2.05) is 35.2 Å². The molecule has 0 saturated carbocycles. The van der Waals surface area contributed by atoms with Crippen LogP contribution in [-0.2, 0) is 24.3 Å². The molecule has 0 atom stereocenters. The molecule has 24 heavy (non-hydrogen) atoms. The number of carbonyl (C=O) groups excluding carboxylic acids is 1. The highest BCUT2D eigenvalue weighted by Crippen LogP contribution is 2.18. The van der Waals surface area contributed by atoms with Crippen molar-refractivity contribution in [2.45, 2.75) is 19.5 Å². The predicted molar refractivity (Wildman–Crippen MR) is 97.5 cm³/mol. The summed E-state index contributed by atoms with van der Waals surface area (Å²) in [5, 5.41) is 0. The predicted octanol–water partition coefficient (Wildman–Crippen LogP) is 3.26. The molecule has 0 N–H and O–H groups in total.